The first-order valence-corrected chi connectivity index (χ1v) is 6.60. The lowest BCUT2D eigenvalue weighted by Crippen LogP contribution is -2.44. The quantitative estimate of drug-likeness (QED) is 0.813. The van der Waals surface area contributed by atoms with Crippen molar-refractivity contribution in [1.82, 2.24) is 5.32 Å². The molecule has 104 valence electrons. The van der Waals surface area contributed by atoms with Crippen LogP contribution in [0.4, 0.5) is 0 Å². The minimum Gasteiger partial charge on any atom is -0.491 e. The van der Waals surface area contributed by atoms with Gasteiger partial charge in [0.2, 0.25) is 0 Å². The van der Waals surface area contributed by atoms with Crippen molar-refractivity contribution < 1.29 is 14.3 Å². The van der Waals surface area contributed by atoms with E-state index in [1.807, 2.05) is 0 Å². The van der Waals surface area contributed by atoms with Gasteiger partial charge < -0.3 is 14.8 Å². The minimum atomic E-state index is 0.00954. The van der Waals surface area contributed by atoms with Crippen LogP contribution in [0.3, 0.4) is 0 Å². The third kappa shape index (κ3) is 3.47. The first-order chi connectivity index (χ1) is 9.04. The molecule has 1 aromatic carbocycles. The van der Waals surface area contributed by atoms with Gasteiger partial charge in [0.25, 0.3) is 0 Å². The maximum absolute atomic E-state index is 11.7. The van der Waals surface area contributed by atoms with Crippen LogP contribution < -0.4 is 10.1 Å². The lowest BCUT2D eigenvalue weighted by molar-refractivity contribution is -0.120. The molecule has 2 rings (SSSR count). The molecule has 1 N–H and O–H groups in total. The summed E-state index contributed by atoms with van der Waals surface area (Å²) < 4.78 is 10.9. The van der Waals surface area contributed by atoms with Crippen LogP contribution in [0.2, 0.25) is 5.02 Å². The summed E-state index contributed by atoms with van der Waals surface area (Å²) >= 11 is 6.13. The number of carbonyl (C=O) groups excluding carboxylic acids is 1. The number of carbonyl (C=O) groups is 1. The van der Waals surface area contributed by atoms with Gasteiger partial charge in [0, 0.05) is 11.0 Å². The summed E-state index contributed by atoms with van der Waals surface area (Å²) in [5.41, 5.74) is 0.661. The van der Waals surface area contributed by atoms with Gasteiger partial charge in [-0.2, -0.15) is 0 Å². The molecule has 5 heteroatoms. The molecule has 0 bridgehead atoms. The predicted octanol–water partition coefficient (Wildman–Crippen LogP) is 2.16. The van der Waals surface area contributed by atoms with E-state index in [9.17, 15) is 4.79 Å². The number of ketones is 1. The molecule has 0 unspecified atom stereocenters. The molecule has 1 saturated heterocycles. The predicted molar refractivity (Wildman–Crippen MR) is 74.1 cm³/mol. The maximum atomic E-state index is 11.7. The SMILES string of the molecule is CNCC(=O)c1ccc(OCC2(C)COC2)c(Cl)c1. The van der Waals surface area contributed by atoms with E-state index in [1.165, 1.54) is 0 Å². The van der Waals surface area contributed by atoms with Gasteiger partial charge in [-0.3, -0.25) is 4.79 Å². The van der Waals surface area contributed by atoms with Crippen molar-refractivity contribution in [2.75, 3.05) is 33.4 Å². The Kier molecular flexibility index (Phi) is 4.45. The van der Waals surface area contributed by atoms with Crippen LogP contribution in [0, 0.1) is 5.41 Å². The van der Waals surface area contributed by atoms with Gasteiger partial charge in [0.1, 0.15) is 5.75 Å². The highest BCUT2D eigenvalue weighted by Gasteiger charge is 2.34. The van der Waals surface area contributed by atoms with E-state index in [0.29, 0.717) is 42.7 Å². The lowest BCUT2D eigenvalue weighted by Gasteiger charge is -2.37. The fourth-order valence-electron chi connectivity index (χ4n) is 1.84. The molecule has 0 aliphatic carbocycles. The number of hydrogen-bond acceptors (Lipinski definition) is 4. The van der Waals surface area contributed by atoms with Crippen LogP contribution in [0.1, 0.15) is 17.3 Å². The zero-order valence-corrected chi connectivity index (χ0v) is 11.9. The van der Waals surface area contributed by atoms with Gasteiger partial charge in [-0.15, -0.1) is 0 Å². The Hall–Kier alpha value is -1.10. The third-order valence-corrected chi connectivity index (χ3v) is 3.36. The summed E-state index contributed by atoms with van der Waals surface area (Å²) in [6.45, 7) is 4.39. The molecule has 1 aromatic rings. The fourth-order valence-corrected chi connectivity index (χ4v) is 2.07. The molecule has 1 fully saturated rings. The summed E-state index contributed by atoms with van der Waals surface area (Å²) in [4.78, 5) is 11.7. The second-order valence-corrected chi connectivity index (χ2v) is 5.60. The molecule has 0 saturated carbocycles. The zero-order valence-electron chi connectivity index (χ0n) is 11.2. The Morgan fingerprint density at radius 3 is 2.79 bits per heavy atom. The van der Waals surface area contributed by atoms with Gasteiger partial charge in [-0.1, -0.05) is 18.5 Å². The van der Waals surface area contributed by atoms with Crippen LogP contribution in [0.5, 0.6) is 5.75 Å². The summed E-state index contributed by atoms with van der Waals surface area (Å²) in [6, 6.07) is 5.13. The molecule has 0 atom stereocenters. The van der Waals surface area contributed by atoms with Gasteiger partial charge in [-0.05, 0) is 25.2 Å². The number of Topliss-reactive ketones (excluding diaryl/α,β-unsaturated/α-hetero) is 1. The van der Waals surface area contributed by atoms with Crippen molar-refractivity contribution in [1.29, 1.82) is 0 Å². The highest BCUT2D eigenvalue weighted by atomic mass is 35.5. The van der Waals surface area contributed by atoms with E-state index in [4.69, 9.17) is 21.1 Å². The number of benzene rings is 1. The topological polar surface area (TPSA) is 47.6 Å². The molecule has 4 nitrogen and oxygen atoms in total. The van der Waals surface area contributed by atoms with Crippen molar-refractivity contribution in [3.8, 4) is 5.75 Å². The number of ether oxygens (including phenoxy) is 2. The van der Waals surface area contributed by atoms with E-state index in [0.717, 1.165) is 0 Å². The van der Waals surface area contributed by atoms with Gasteiger partial charge in [-0.25, -0.2) is 0 Å². The minimum absolute atomic E-state index is 0.00954. The third-order valence-electron chi connectivity index (χ3n) is 3.07. The summed E-state index contributed by atoms with van der Waals surface area (Å²) in [5, 5.41) is 3.29. The summed E-state index contributed by atoms with van der Waals surface area (Å²) in [6.07, 6.45) is 0. The van der Waals surface area contributed by atoms with E-state index in [1.54, 1.807) is 25.2 Å². The van der Waals surface area contributed by atoms with Gasteiger partial charge >= 0.3 is 0 Å². The monoisotopic (exact) mass is 283 g/mol. The van der Waals surface area contributed by atoms with Crippen LogP contribution in [0.25, 0.3) is 0 Å². The largest absolute Gasteiger partial charge is 0.491 e. The molecule has 0 amide bonds. The first kappa shape index (κ1) is 14.3. The summed E-state index contributed by atoms with van der Waals surface area (Å²) in [5.74, 6) is 0.617. The highest BCUT2D eigenvalue weighted by molar-refractivity contribution is 6.32. The van der Waals surface area contributed by atoms with Crippen molar-refractivity contribution >= 4 is 17.4 Å². The average molecular weight is 284 g/mol. The van der Waals surface area contributed by atoms with E-state index < -0.39 is 0 Å². The first-order valence-electron chi connectivity index (χ1n) is 6.22. The molecule has 19 heavy (non-hydrogen) atoms. The summed E-state index contributed by atoms with van der Waals surface area (Å²) in [7, 11) is 1.73. The zero-order chi connectivity index (χ0) is 13.9. The normalized spacial score (nSPS) is 16.8. The van der Waals surface area contributed by atoms with E-state index in [-0.39, 0.29) is 11.2 Å². The Morgan fingerprint density at radius 1 is 1.53 bits per heavy atom. The molecular weight excluding hydrogens is 266 g/mol. The number of likely N-dealkylation sites (N-methyl/N-ethyl adjacent to an activating group) is 1. The molecule has 1 aliphatic rings. The lowest BCUT2D eigenvalue weighted by atomic mass is 9.90. The molecule has 0 spiro atoms. The van der Waals surface area contributed by atoms with Gasteiger partial charge in [0.05, 0.1) is 31.4 Å². The number of rotatable bonds is 6. The van der Waals surface area contributed by atoms with E-state index in [2.05, 4.69) is 12.2 Å². The Labute approximate surface area is 118 Å². The molecule has 0 aromatic heterocycles. The van der Waals surface area contributed by atoms with Crippen molar-refractivity contribution in [3.05, 3.63) is 28.8 Å². The van der Waals surface area contributed by atoms with Crippen molar-refractivity contribution in [3.63, 3.8) is 0 Å². The number of nitrogens with one attached hydrogen (secondary N) is 1. The highest BCUT2D eigenvalue weighted by Crippen LogP contribution is 2.31. The van der Waals surface area contributed by atoms with Crippen LogP contribution >= 0.6 is 11.6 Å². The second-order valence-electron chi connectivity index (χ2n) is 5.19. The Bertz CT molecular complexity index is 472. The van der Waals surface area contributed by atoms with Crippen LogP contribution in [-0.2, 0) is 4.74 Å². The molecular formula is C14H18ClNO3. The van der Waals surface area contributed by atoms with Crippen LogP contribution in [0.15, 0.2) is 18.2 Å². The van der Waals surface area contributed by atoms with Gasteiger partial charge in [0.15, 0.2) is 5.78 Å². The number of halogens is 1. The standard InChI is InChI=1S/C14H18ClNO3/c1-14(7-18-8-14)9-19-13-4-3-10(5-11(13)15)12(17)6-16-2/h3-5,16H,6-9H2,1-2H3. The molecule has 1 aliphatic heterocycles. The fraction of sp³-hybridized carbons (Fsp3) is 0.500. The Morgan fingerprint density at radius 2 is 2.26 bits per heavy atom. The molecule has 0 radical (unpaired) electrons. The Balaban J connectivity index is 2.00. The van der Waals surface area contributed by atoms with Crippen LogP contribution in [-0.4, -0.2) is 39.2 Å². The molecule has 1 heterocycles. The average Bonchev–Trinajstić information content (AvgIpc) is 2.35. The second kappa shape index (κ2) is 5.90. The smallest absolute Gasteiger partial charge is 0.176 e. The number of hydrogen-bond donors (Lipinski definition) is 1. The van der Waals surface area contributed by atoms with Crippen molar-refractivity contribution in [2.24, 2.45) is 5.41 Å². The van der Waals surface area contributed by atoms with Crippen molar-refractivity contribution in [2.45, 2.75) is 6.92 Å². The maximum Gasteiger partial charge on any atom is 0.176 e. The van der Waals surface area contributed by atoms with E-state index >= 15 is 0 Å².